The molecule has 2 aromatic rings. The van der Waals surface area contributed by atoms with Gasteiger partial charge in [-0.25, -0.2) is 4.58 Å². The second-order valence-corrected chi connectivity index (χ2v) is 9.74. The van der Waals surface area contributed by atoms with E-state index >= 15 is 26.3 Å². The molecule has 0 fully saturated rings. The summed E-state index contributed by atoms with van der Waals surface area (Å²) in [7, 11) is 0. The van der Waals surface area contributed by atoms with Gasteiger partial charge in [0.15, 0.2) is 5.71 Å². The molecule has 0 saturated carbocycles. The molecule has 0 aromatic heterocycles. The van der Waals surface area contributed by atoms with Crippen molar-refractivity contribution in [3.05, 3.63) is 94.1 Å². The Hall–Kier alpha value is -3.29. The van der Waals surface area contributed by atoms with Gasteiger partial charge in [-0.05, 0) is 91.8 Å². The van der Waals surface area contributed by atoms with E-state index in [-0.39, 0.29) is 11.1 Å². The Bertz CT molecular complexity index is 1370. The van der Waals surface area contributed by atoms with E-state index in [0.717, 1.165) is 17.7 Å². The van der Waals surface area contributed by atoms with Crippen molar-refractivity contribution in [2.75, 3.05) is 31.1 Å². The maximum atomic E-state index is 15.3. The highest BCUT2D eigenvalue weighted by Crippen LogP contribution is 2.63. The number of hydrogen-bond acceptors (Lipinski definition) is 1. The highest BCUT2D eigenvalue weighted by atomic mass is 19.4. The summed E-state index contributed by atoms with van der Waals surface area (Å²) in [6.45, 7) is 14.9. The summed E-state index contributed by atoms with van der Waals surface area (Å²) in [5.41, 5.74) is -3.50. The van der Waals surface area contributed by atoms with Crippen LogP contribution in [-0.4, -0.2) is 48.8 Å². The third-order valence-electron chi connectivity index (χ3n) is 7.87. The van der Waals surface area contributed by atoms with Gasteiger partial charge in [-0.3, -0.25) is 0 Å². The predicted octanol–water partition coefficient (Wildman–Crippen LogP) is 9.03. The van der Waals surface area contributed by atoms with Crippen molar-refractivity contribution in [2.24, 2.45) is 0 Å². The van der Waals surface area contributed by atoms with Gasteiger partial charge >= 0.3 is 12.4 Å². The second kappa shape index (κ2) is 12.3. The number of allylic oxidation sites excluding steroid dienone is 5. The molecule has 222 valence electrons. The van der Waals surface area contributed by atoms with Crippen molar-refractivity contribution in [3.8, 4) is 0 Å². The largest absolute Gasteiger partial charge is 0.411 e. The number of aryl methyl sites for hydroxylation is 1. The zero-order chi connectivity index (χ0) is 30.8. The summed E-state index contributed by atoms with van der Waals surface area (Å²) in [5, 5.41) is 0. The van der Waals surface area contributed by atoms with Crippen molar-refractivity contribution in [2.45, 2.75) is 66.2 Å². The molecule has 0 saturated heterocycles. The number of anilines is 1. The van der Waals surface area contributed by atoms with Crippen LogP contribution < -0.4 is 4.90 Å². The van der Waals surface area contributed by atoms with Gasteiger partial charge in [0.05, 0.1) is 0 Å². The van der Waals surface area contributed by atoms with Crippen LogP contribution in [0.15, 0.2) is 71.8 Å². The van der Waals surface area contributed by atoms with Crippen LogP contribution in [0.4, 0.5) is 32.0 Å². The molecular formula is C33H39F6N2+. The van der Waals surface area contributed by atoms with Gasteiger partial charge < -0.3 is 4.90 Å². The van der Waals surface area contributed by atoms with Crippen molar-refractivity contribution in [1.29, 1.82) is 0 Å². The van der Waals surface area contributed by atoms with E-state index in [1.54, 1.807) is 39.8 Å². The van der Waals surface area contributed by atoms with E-state index in [4.69, 9.17) is 0 Å². The Morgan fingerprint density at radius 2 is 1.37 bits per heavy atom. The molecule has 2 nitrogen and oxygen atoms in total. The van der Waals surface area contributed by atoms with Crippen LogP contribution in [0.3, 0.4) is 0 Å². The summed E-state index contributed by atoms with van der Waals surface area (Å²) in [4.78, 5) is 1.76. The molecule has 0 amide bonds. The lowest BCUT2D eigenvalue weighted by Crippen LogP contribution is -2.57. The molecule has 0 spiro atoms. The lowest BCUT2D eigenvalue weighted by molar-refractivity contribution is -0.519. The van der Waals surface area contributed by atoms with Gasteiger partial charge in [0, 0.05) is 30.9 Å². The van der Waals surface area contributed by atoms with E-state index in [0.29, 0.717) is 48.7 Å². The molecule has 0 heterocycles. The minimum absolute atomic E-state index is 0.0575. The molecular weight excluding hydrogens is 538 g/mol. The van der Waals surface area contributed by atoms with Crippen LogP contribution in [0.1, 0.15) is 63.8 Å². The average molecular weight is 578 g/mol. The highest BCUT2D eigenvalue weighted by molar-refractivity contribution is 6.07. The fraction of sp³-hybridized carbons (Fsp3) is 0.424. The number of alkyl halides is 6. The minimum atomic E-state index is -5.66. The molecule has 8 heteroatoms. The van der Waals surface area contributed by atoms with Gasteiger partial charge in [0.2, 0.25) is 5.41 Å². The van der Waals surface area contributed by atoms with Crippen molar-refractivity contribution >= 4 is 17.0 Å². The van der Waals surface area contributed by atoms with Crippen LogP contribution in [0.25, 0.3) is 5.57 Å². The van der Waals surface area contributed by atoms with Gasteiger partial charge in [-0.2, -0.15) is 26.3 Å². The smallest absolute Gasteiger partial charge is 0.372 e. The van der Waals surface area contributed by atoms with E-state index < -0.39 is 28.9 Å². The average Bonchev–Trinajstić information content (AvgIpc) is 2.93. The number of fused-ring (bicyclic) bond motifs is 2. The predicted molar refractivity (Wildman–Crippen MR) is 156 cm³/mol. The first-order chi connectivity index (χ1) is 19.4. The van der Waals surface area contributed by atoms with Crippen molar-refractivity contribution < 1.29 is 30.9 Å². The molecule has 2 aliphatic rings. The van der Waals surface area contributed by atoms with E-state index in [9.17, 15) is 0 Å². The molecule has 2 aromatic carbocycles. The SMILES string of the molecule is CC.CCN(CC)c1ccc2c(c1)C(C(F)(F)F)(C(F)(F)F)C1=CC(=[N+](CC)CC)C=CC1=C2c1ccccc1C. The van der Waals surface area contributed by atoms with Crippen LogP contribution in [-0.2, 0) is 5.41 Å². The zero-order valence-electron chi connectivity index (χ0n) is 24.8. The molecule has 0 atom stereocenters. The number of halogens is 6. The lowest BCUT2D eigenvalue weighted by atomic mass is 9.61. The van der Waals surface area contributed by atoms with Crippen LogP contribution in [0.2, 0.25) is 0 Å². The number of rotatable bonds is 6. The molecule has 0 N–H and O–H groups in total. The summed E-state index contributed by atoms with van der Waals surface area (Å²) in [6.07, 6.45) is -7.16. The molecule has 0 bridgehead atoms. The Balaban J connectivity index is 0.00000226. The third kappa shape index (κ3) is 5.26. The van der Waals surface area contributed by atoms with Crippen molar-refractivity contribution in [1.82, 2.24) is 0 Å². The van der Waals surface area contributed by atoms with Crippen molar-refractivity contribution in [3.63, 3.8) is 0 Å². The van der Waals surface area contributed by atoms with Gasteiger partial charge in [-0.1, -0.05) is 44.2 Å². The van der Waals surface area contributed by atoms with Crippen LogP contribution >= 0.6 is 0 Å². The van der Waals surface area contributed by atoms with E-state index in [1.807, 2.05) is 54.5 Å². The van der Waals surface area contributed by atoms with E-state index in [2.05, 4.69) is 0 Å². The molecule has 0 radical (unpaired) electrons. The Morgan fingerprint density at radius 1 is 0.780 bits per heavy atom. The number of hydrogen-bond donors (Lipinski definition) is 0. The minimum Gasteiger partial charge on any atom is -0.372 e. The maximum absolute atomic E-state index is 15.3. The maximum Gasteiger partial charge on any atom is 0.411 e. The van der Waals surface area contributed by atoms with Gasteiger partial charge in [0.25, 0.3) is 0 Å². The fourth-order valence-corrected chi connectivity index (χ4v) is 5.90. The number of nitrogens with zero attached hydrogens (tertiary/aromatic N) is 2. The quantitative estimate of drug-likeness (QED) is 0.245. The monoisotopic (exact) mass is 577 g/mol. The molecule has 0 aliphatic heterocycles. The van der Waals surface area contributed by atoms with E-state index in [1.165, 1.54) is 12.1 Å². The summed E-state index contributed by atoms with van der Waals surface area (Å²) < 4.78 is 93.5. The Kier molecular flexibility index (Phi) is 9.66. The van der Waals surface area contributed by atoms with Crippen LogP contribution in [0, 0.1) is 6.92 Å². The molecule has 0 unspecified atom stereocenters. The Morgan fingerprint density at radius 3 is 1.88 bits per heavy atom. The molecule has 41 heavy (non-hydrogen) atoms. The fourth-order valence-electron chi connectivity index (χ4n) is 5.90. The standard InChI is InChI=1S/C31H33F6N2.C2H6/c1-6-38(7-2)21-14-16-24-26(18-21)29(30(32,33)34,31(35,36)37)27-19-22(39(8-3)9-4)15-17-25(27)28(24)23-13-11-10-12-20(23)5;1-2/h10-19H,6-9H2,1-5H3;1-2H3/q+1;. The summed E-state index contributed by atoms with van der Waals surface area (Å²) >= 11 is 0. The number of benzene rings is 2. The van der Waals surface area contributed by atoms with Gasteiger partial charge in [0.1, 0.15) is 13.1 Å². The topological polar surface area (TPSA) is 6.25 Å². The van der Waals surface area contributed by atoms with Gasteiger partial charge in [-0.15, -0.1) is 0 Å². The highest BCUT2D eigenvalue weighted by Gasteiger charge is 2.75. The second-order valence-electron chi connectivity index (χ2n) is 9.74. The zero-order valence-corrected chi connectivity index (χ0v) is 24.8. The third-order valence-corrected chi connectivity index (χ3v) is 7.87. The lowest BCUT2D eigenvalue weighted by Gasteiger charge is -2.45. The summed E-state index contributed by atoms with van der Waals surface area (Å²) in [5.74, 6) is 0. The summed E-state index contributed by atoms with van der Waals surface area (Å²) in [6, 6.07) is 11.3. The normalized spacial score (nSPS) is 15.9. The Labute approximate surface area is 239 Å². The first-order valence-electron chi connectivity index (χ1n) is 14.2. The molecule has 2 aliphatic carbocycles. The van der Waals surface area contributed by atoms with Crippen LogP contribution in [0.5, 0.6) is 0 Å². The first-order valence-corrected chi connectivity index (χ1v) is 14.2. The first kappa shape index (κ1) is 32.2. The molecule has 4 rings (SSSR count).